The number of carbonyl (C=O) groups is 2. The monoisotopic (exact) mass is 316 g/mol. The Labute approximate surface area is 127 Å². The number of aliphatic carboxylic acids is 1. The minimum Gasteiger partial charge on any atom is -0.480 e. The molecule has 0 bridgehead atoms. The van der Waals surface area contributed by atoms with Crippen molar-refractivity contribution in [2.45, 2.75) is 13.8 Å². The molecule has 0 aliphatic rings. The van der Waals surface area contributed by atoms with Crippen LogP contribution in [0.3, 0.4) is 0 Å². The van der Waals surface area contributed by atoms with Gasteiger partial charge in [0.05, 0.1) is 23.8 Å². The zero-order valence-electron chi connectivity index (χ0n) is 11.9. The third-order valence-corrected chi connectivity index (χ3v) is 2.87. The quantitative estimate of drug-likeness (QED) is 0.810. The minimum absolute atomic E-state index is 0.0712. The number of nitrogens with zero attached hydrogens (tertiary/aromatic N) is 1. The topological polar surface area (TPSA) is 69.6 Å². The summed E-state index contributed by atoms with van der Waals surface area (Å²) in [6, 6.07) is 3.64. The van der Waals surface area contributed by atoms with Gasteiger partial charge in [-0.3, -0.25) is 14.5 Å². The standard InChI is InChI=1S/C14H18ClFN2O3/c1-9(2)6-18(8-14(20)21)7-13(19)17-12-4-3-10(16)5-11(12)15/h3-5,9H,6-8H2,1-2H3,(H,17,19)(H,20,21). The lowest BCUT2D eigenvalue weighted by atomic mass is 10.2. The highest BCUT2D eigenvalue weighted by atomic mass is 35.5. The first-order valence-electron chi connectivity index (χ1n) is 6.47. The number of hydrogen-bond donors (Lipinski definition) is 2. The van der Waals surface area contributed by atoms with Crippen LogP contribution in [0.25, 0.3) is 0 Å². The maximum Gasteiger partial charge on any atom is 0.317 e. The molecule has 0 aromatic heterocycles. The van der Waals surface area contributed by atoms with Crippen LogP contribution in [0, 0.1) is 11.7 Å². The highest BCUT2D eigenvalue weighted by Gasteiger charge is 2.16. The molecule has 2 N–H and O–H groups in total. The second-order valence-corrected chi connectivity index (χ2v) is 5.54. The van der Waals surface area contributed by atoms with Crippen molar-refractivity contribution in [3.8, 4) is 0 Å². The van der Waals surface area contributed by atoms with Crippen LogP contribution in [-0.4, -0.2) is 41.5 Å². The SMILES string of the molecule is CC(C)CN(CC(=O)O)CC(=O)Nc1ccc(F)cc1Cl. The number of amides is 1. The van der Waals surface area contributed by atoms with Crippen LogP contribution in [0.15, 0.2) is 18.2 Å². The molecule has 1 aromatic rings. The summed E-state index contributed by atoms with van der Waals surface area (Å²) in [6.45, 7) is 4.06. The van der Waals surface area contributed by atoms with E-state index in [1.165, 1.54) is 17.0 Å². The Morgan fingerprint density at radius 1 is 1.38 bits per heavy atom. The number of nitrogens with one attached hydrogen (secondary N) is 1. The Balaban J connectivity index is 2.66. The van der Waals surface area contributed by atoms with Crippen LogP contribution in [0.1, 0.15) is 13.8 Å². The number of benzene rings is 1. The molecule has 0 saturated heterocycles. The Hall–Kier alpha value is -1.66. The van der Waals surface area contributed by atoms with Crippen LogP contribution < -0.4 is 5.32 Å². The molecule has 0 aliphatic heterocycles. The Bertz CT molecular complexity index is 523. The number of rotatable bonds is 7. The highest BCUT2D eigenvalue weighted by molar-refractivity contribution is 6.33. The number of carboxylic acid groups (broad SMARTS) is 1. The van der Waals surface area contributed by atoms with Gasteiger partial charge in [-0.25, -0.2) is 4.39 Å². The molecule has 1 aromatic carbocycles. The first-order chi connectivity index (χ1) is 9.77. The molecule has 5 nitrogen and oxygen atoms in total. The van der Waals surface area contributed by atoms with Crippen molar-refractivity contribution < 1.29 is 19.1 Å². The summed E-state index contributed by atoms with van der Waals surface area (Å²) in [7, 11) is 0. The number of halogens is 2. The molecule has 0 radical (unpaired) electrons. The van der Waals surface area contributed by atoms with Crippen molar-refractivity contribution in [2.75, 3.05) is 25.0 Å². The summed E-state index contributed by atoms with van der Waals surface area (Å²) in [5, 5.41) is 11.5. The molecule has 0 unspecified atom stereocenters. The maximum atomic E-state index is 12.9. The maximum absolute atomic E-state index is 12.9. The smallest absolute Gasteiger partial charge is 0.317 e. The third kappa shape index (κ3) is 6.55. The number of hydrogen-bond acceptors (Lipinski definition) is 3. The van der Waals surface area contributed by atoms with Crippen molar-refractivity contribution in [1.29, 1.82) is 0 Å². The van der Waals surface area contributed by atoms with Crippen LogP contribution in [0.2, 0.25) is 5.02 Å². The van der Waals surface area contributed by atoms with Gasteiger partial charge in [0.15, 0.2) is 0 Å². The molecule has 0 aliphatic carbocycles. The summed E-state index contributed by atoms with van der Waals surface area (Å²) in [5.74, 6) is -1.66. The molecule has 0 spiro atoms. The zero-order valence-corrected chi connectivity index (χ0v) is 12.7. The predicted octanol–water partition coefficient (Wildman–Crippen LogP) is 2.46. The average molecular weight is 317 g/mol. The van der Waals surface area contributed by atoms with E-state index < -0.39 is 17.7 Å². The van der Waals surface area contributed by atoms with Gasteiger partial charge in [0, 0.05) is 6.54 Å². The van der Waals surface area contributed by atoms with Crippen molar-refractivity contribution in [1.82, 2.24) is 4.90 Å². The zero-order chi connectivity index (χ0) is 16.0. The van der Waals surface area contributed by atoms with Crippen LogP contribution in [-0.2, 0) is 9.59 Å². The van der Waals surface area contributed by atoms with Gasteiger partial charge in [-0.15, -0.1) is 0 Å². The van der Waals surface area contributed by atoms with E-state index in [9.17, 15) is 14.0 Å². The predicted molar refractivity (Wildman–Crippen MR) is 79.0 cm³/mol. The van der Waals surface area contributed by atoms with Crippen LogP contribution in [0.5, 0.6) is 0 Å². The second kappa shape index (κ2) is 7.95. The lowest BCUT2D eigenvalue weighted by Crippen LogP contribution is -2.39. The van der Waals surface area contributed by atoms with Gasteiger partial charge in [0.1, 0.15) is 5.82 Å². The largest absolute Gasteiger partial charge is 0.480 e. The summed E-state index contributed by atoms with van der Waals surface area (Å²) in [4.78, 5) is 24.2. The van der Waals surface area contributed by atoms with E-state index >= 15 is 0 Å². The van der Waals surface area contributed by atoms with E-state index in [0.717, 1.165) is 6.07 Å². The average Bonchev–Trinajstić information content (AvgIpc) is 2.30. The first-order valence-corrected chi connectivity index (χ1v) is 6.84. The van der Waals surface area contributed by atoms with Gasteiger partial charge in [0.2, 0.25) is 5.91 Å². The van der Waals surface area contributed by atoms with Gasteiger partial charge in [-0.1, -0.05) is 25.4 Å². The molecule has 0 heterocycles. The highest BCUT2D eigenvalue weighted by Crippen LogP contribution is 2.22. The van der Waals surface area contributed by atoms with Crippen molar-refractivity contribution in [2.24, 2.45) is 5.92 Å². The molecule has 0 fully saturated rings. The van der Waals surface area contributed by atoms with E-state index in [0.29, 0.717) is 12.2 Å². The molecular formula is C14H18ClFN2O3. The fourth-order valence-corrected chi connectivity index (χ4v) is 2.09. The number of carbonyl (C=O) groups excluding carboxylic acids is 1. The molecule has 1 rings (SSSR count). The van der Waals surface area contributed by atoms with Crippen molar-refractivity contribution in [3.63, 3.8) is 0 Å². The fraction of sp³-hybridized carbons (Fsp3) is 0.429. The van der Waals surface area contributed by atoms with Gasteiger partial charge < -0.3 is 10.4 Å². The van der Waals surface area contributed by atoms with Gasteiger partial charge in [-0.05, 0) is 24.1 Å². The number of carboxylic acids is 1. The summed E-state index contributed by atoms with van der Waals surface area (Å²) in [6.07, 6.45) is 0. The Morgan fingerprint density at radius 2 is 2.05 bits per heavy atom. The van der Waals surface area contributed by atoms with Gasteiger partial charge >= 0.3 is 5.97 Å². The molecular weight excluding hydrogens is 299 g/mol. The number of anilines is 1. The van der Waals surface area contributed by atoms with Gasteiger partial charge in [-0.2, -0.15) is 0 Å². The summed E-state index contributed by atoms with van der Waals surface area (Å²) in [5.41, 5.74) is 0.294. The van der Waals surface area contributed by atoms with E-state index in [1.807, 2.05) is 13.8 Å². The molecule has 21 heavy (non-hydrogen) atoms. The van der Waals surface area contributed by atoms with E-state index in [4.69, 9.17) is 16.7 Å². The molecule has 116 valence electrons. The molecule has 0 atom stereocenters. The lowest BCUT2D eigenvalue weighted by molar-refractivity contribution is -0.138. The van der Waals surface area contributed by atoms with E-state index in [2.05, 4.69) is 5.32 Å². The van der Waals surface area contributed by atoms with E-state index in [1.54, 1.807) is 0 Å². The molecule has 7 heteroatoms. The van der Waals surface area contributed by atoms with Crippen LogP contribution >= 0.6 is 11.6 Å². The third-order valence-electron chi connectivity index (χ3n) is 2.55. The van der Waals surface area contributed by atoms with Crippen LogP contribution in [0.4, 0.5) is 10.1 Å². The van der Waals surface area contributed by atoms with Gasteiger partial charge in [0.25, 0.3) is 0 Å². The second-order valence-electron chi connectivity index (χ2n) is 5.13. The van der Waals surface area contributed by atoms with E-state index in [-0.39, 0.29) is 24.0 Å². The normalized spacial score (nSPS) is 11.0. The Kier molecular flexibility index (Phi) is 6.58. The fourth-order valence-electron chi connectivity index (χ4n) is 1.88. The first kappa shape index (κ1) is 17.4. The summed E-state index contributed by atoms with van der Waals surface area (Å²) < 4.78 is 12.9. The van der Waals surface area contributed by atoms with Crippen molar-refractivity contribution >= 4 is 29.2 Å². The molecule has 1 amide bonds. The van der Waals surface area contributed by atoms with Crippen molar-refractivity contribution in [3.05, 3.63) is 29.0 Å². The lowest BCUT2D eigenvalue weighted by Gasteiger charge is -2.21. The molecule has 0 saturated carbocycles. The minimum atomic E-state index is -0.997. The summed E-state index contributed by atoms with van der Waals surface area (Å²) >= 11 is 5.82. The Morgan fingerprint density at radius 3 is 2.57 bits per heavy atom.